The average molecular weight is 540 g/mol. The molecule has 0 amide bonds. The third-order valence-corrected chi connectivity index (χ3v) is 8.15. The van der Waals surface area contributed by atoms with E-state index in [4.69, 9.17) is 14.2 Å². The van der Waals surface area contributed by atoms with Crippen molar-refractivity contribution in [3.63, 3.8) is 0 Å². The first-order valence-electron chi connectivity index (χ1n) is 12.2. The normalized spacial score (nSPS) is 12.5. The Kier molecular flexibility index (Phi) is 16.1. The molecule has 0 radical (unpaired) electrons. The van der Waals surface area contributed by atoms with Crippen molar-refractivity contribution in [1.29, 1.82) is 0 Å². The van der Waals surface area contributed by atoms with Gasteiger partial charge in [0, 0.05) is 0 Å². The maximum absolute atomic E-state index is 12.8. The van der Waals surface area contributed by atoms with Crippen LogP contribution in [0.2, 0.25) is 4.82 Å². The zero-order valence-electron chi connectivity index (χ0n) is 21.1. The minimum absolute atomic E-state index is 0.0565. The Morgan fingerprint density at radius 2 is 1.26 bits per heavy atom. The molecule has 1 aromatic rings. The number of benzene rings is 1. The third-order valence-electron chi connectivity index (χ3n) is 5.62. The molecule has 0 aliphatic rings. The van der Waals surface area contributed by atoms with Gasteiger partial charge < -0.3 is 0 Å². The van der Waals surface area contributed by atoms with Crippen LogP contribution in [0.4, 0.5) is 0 Å². The number of hydrogen-bond acceptors (Lipinski definition) is 6. The number of ether oxygens (including phenoxy) is 3. The summed E-state index contributed by atoms with van der Waals surface area (Å²) in [6, 6.07) is 9.42. The van der Waals surface area contributed by atoms with E-state index in [-0.39, 0.29) is 11.1 Å². The van der Waals surface area contributed by atoms with E-state index in [1.807, 2.05) is 30.3 Å². The summed E-state index contributed by atoms with van der Waals surface area (Å²) >= 11 is -0.477. The van der Waals surface area contributed by atoms with Crippen molar-refractivity contribution in [1.82, 2.24) is 0 Å². The molecule has 0 saturated carbocycles. The Hall–Kier alpha value is -2.11. The average Bonchev–Trinajstić information content (AvgIpc) is 2.87. The van der Waals surface area contributed by atoms with Gasteiger partial charge in [-0.2, -0.15) is 0 Å². The van der Waals surface area contributed by atoms with Gasteiger partial charge in [-0.1, -0.05) is 19.8 Å². The molecule has 7 heteroatoms. The van der Waals surface area contributed by atoms with Gasteiger partial charge in [-0.3, -0.25) is 0 Å². The molecule has 0 aliphatic carbocycles. The van der Waals surface area contributed by atoms with E-state index in [1.54, 1.807) is 0 Å². The van der Waals surface area contributed by atoms with Gasteiger partial charge in [0.15, 0.2) is 0 Å². The topological polar surface area (TPSA) is 78.9 Å². The molecule has 6 nitrogen and oxygen atoms in total. The van der Waals surface area contributed by atoms with Crippen molar-refractivity contribution in [2.75, 3.05) is 21.3 Å². The molecule has 1 atom stereocenters. The summed E-state index contributed by atoms with van der Waals surface area (Å²) in [5.74, 6) is -1.86. The quantitative estimate of drug-likeness (QED) is 0.0919. The molecule has 1 aromatic carbocycles. The Bertz CT molecular complexity index is 775. The van der Waals surface area contributed by atoms with E-state index in [2.05, 4.69) is 6.92 Å². The fourth-order valence-corrected chi connectivity index (χ4v) is 6.11. The zero-order valence-corrected chi connectivity index (χ0v) is 22.8. The molecule has 0 saturated heterocycles. The number of carbonyl (C=O) groups excluding carboxylic acids is 3. The predicted octanol–water partition coefficient (Wildman–Crippen LogP) is 4.93. The summed E-state index contributed by atoms with van der Waals surface area (Å²) in [5.41, 5.74) is 0.267. The van der Waals surface area contributed by atoms with Gasteiger partial charge in [0.1, 0.15) is 0 Å². The summed E-state index contributed by atoms with van der Waals surface area (Å²) < 4.78 is 15.9. The molecule has 0 aliphatic heterocycles. The number of hydrogen-bond donors (Lipinski definition) is 0. The Balaban J connectivity index is 2.96. The van der Waals surface area contributed by atoms with Gasteiger partial charge in [-0.05, 0) is 0 Å². The van der Waals surface area contributed by atoms with Crippen molar-refractivity contribution in [2.24, 2.45) is 0 Å². The van der Waals surface area contributed by atoms with Crippen LogP contribution in [0.25, 0.3) is 0 Å². The summed E-state index contributed by atoms with van der Waals surface area (Å²) in [7, 11) is 3.82. The summed E-state index contributed by atoms with van der Waals surface area (Å²) in [6.45, 7) is 2.22. The van der Waals surface area contributed by atoms with Crippen molar-refractivity contribution in [3.05, 3.63) is 41.5 Å². The van der Waals surface area contributed by atoms with Gasteiger partial charge in [0.05, 0.1) is 0 Å². The molecule has 0 spiro atoms. The first-order valence-corrected chi connectivity index (χ1v) is 14.0. The molecule has 34 heavy (non-hydrogen) atoms. The molecular formula is C27H40O6Se. The number of methoxy groups -OCH3 is 3. The number of esters is 3. The van der Waals surface area contributed by atoms with Crippen LogP contribution >= 0.6 is 0 Å². The number of carbonyl (C=O) groups is 3. The maximum atomic E-state index is 12.8. The first-order chi connectivity index (χ1) is 16.5. The van der Waals surface area contributed by atoms with Crippen LogP contribution in [-0.2, 0) is 28.6 Å². The molecule has 1 rings (SSSR count). The van der Waals surface area contributed by atoms with Crippen LogP contribution in [0.5, 0.6) is 0 Å². The number of rotatable bonds is 17. The van der Waals surface area contributed by atoms with Gasteiger partial charge in [0.25, 0.3) is 0 Å². The van der Waals surface area contributed by atoms with E-state index in [1.165, 1.54) is 59.9 Å². The van der Waals surface area contributed by atoms with Crippen LogP contribution in [0.1, 0.15) is 77.6 Å². The van der Waals surface area contributed by atoms with Crippen LogP contribution in [0, 0.1) is 0 Å². The fraction of sp³-hybridized carbons (Fsp3) is 0.593. The summed E-state index contributed by atoms with van der Waals surface area (Å²) in [5, 5.41) is 0. The second-order valence-electron chi connectivity index (χ2n) is 8.14. The standard InChI is InChI=1S/C27H40O6Se/c1-5-6-7-8-9-10-11-12-13-17-20-22(25(28)31-2)23(26(29)32-3)24(27(30)33-4)34-21-18-15-14-16-19-21/h14-16,18-19,24H,5-13,17,20H2,1-4H3/b23-22-/t24-/m1/s1. The van der Waals surface area contributed by atoms with Crippen molar-refractivity contribution < 1.29 is 28.6 Å². The van der Waals surface area contributed by atoms with E-state index in [9.17, 15) is 14.4 Å². The summed E-state index contributed by atoms with van der Waals surface area (Å²) in [4.78, 5) is 37.4. The number of unbranched alkanes of at least 4 members (excludes halogenated alkanes) is 9. The Morgan fingerprint density at radius 1 is 0.735 bits per heavy atom. The first kappa shape index (κ1) is 29.9. The molecule has 0 N–H and O–H groups in total. The van der Waals surface area contributed by atoms with Gasteiger partial charge >= 0.3 is 191 Å². The summed E-state index contributed by atoms with van der Waals surface area (Å²) in [6.07, 6.45) is 11.9. The molecular weight excluding hydrogens is 499 g/mol. The van der Waals surface area contributed by atoms with Gasteiger partial charge in [0.2, 0.25) is 0 Å². The van der Waals surface area contributed by atoms with Crippen molar-refractivity contribution >= 4 is 37.3 Å². The van der Waals surface area contributed by atoms with Crippen molar-refractivity contribution in [2.45, 2.75) is 82.4 Å². The Labute approximate surface area is 211 Å². The van der Waals surface area contributed by atoms with E-state index in [0.29, 0.717) is 6.42 Å². The van der Waals surface area contributed by atoms with Crippen molar-refractivity contribution in [3.8, 4) is 0 Å². The molecule has 0 heterocycles. The molecule has 0 bridgehead atoms. The van der Waals surface area contributed by atoms with Gasteiger partial charge in [-0.25, -0.2) is 0 Å². The molecule has 0 fully saturated rings. The SMILES string of the molecule is CCCCCCCCCCCC/C(C(=O)OC)=C(/C(=O)OC)[C@@H]([Se]c1ccccc1)C(=O)OC. The van der Waals surface area contributed by atoms with Crippen LogP contribution in [-0.4, -0.2) is 54.2 Å². The third kappa shape index (κ3) is 10.9. The van der Waals surface area contributed by atoms with E-state index in [0.717, 1.165) is 30.1 Å². The second-order valence-corrected chi connectivity index (χ2v) is 10.6. The predicted molar refractivity (Wildman–Crippen MR) is 135 cm³/mol. The monoisotopic (exact) mass is 540 g/mol. The van der Waals surface area contributed by atoms with Crippen LogP contribution in [0.3, 0.4) is 0 Å². The zero-order chi connectivity index (χ0) is 25.2. The molecule has 190 valence electrons. The van der Waals surface area contributed by atoms with Gasteiger partial charge in [-0.15, -0.1) is 0 Å². The van der Waals surface area contributed by atoms with E-state index >= 15 is 0 Å². The van der Waals surface area contributed by atoms with Crippen LogP contribution in [0.15, 0.2) is 41.5 Å². The van der Waals surface area contributed by atoms with E-state index < -0.39 is 37.7 Å². The van der Waals surface area contributed by atoms with Crippen LogP contribution < -0.4 is 4.46 Å². The molecule has 0 unspecified atom stereocenters. The fourth-order valence-electron chi connectivity index (χ4n) is 3.72. The second kappa shape index (κ2) is 18.2. The minimum atomic E-state index is -0.899. The molecule has 0 aromatic heterocycles. The Morgan fingerprint density at radius 3 is 1.76 bits per heavy atom.